The molecule has 1 nitrogen and oxygen atoms in total. The summed E-state index contributed by atoms with van der Waals surface area (Å²) in [6.45, 7) is 0. The van der Waals surface area contributed by atoms with E-state index in [2.05, 4.69) is 48.7 Å². The van der Waals surface area contributed by atoms with Crippen LogP contribution in [0.4, 0.5) is 0 Å². The largest absolute Gasteiger partial charge is 0.197 e. The van der Waals surface area contributed by atoms with Crippen LogP contribution in [0, 0.1) is 23.2 Å². The Kier molecular flexibility index (Phi) is 2.52. The molecule has 0 spiro atoms. The summed E-state index contributed by atoms with van der Waals surface area (Å²) >= 11 is 1.73. The minimum absolute atomic E-state index is 0.150. The van der Waals surface area contributed by atoms with E-state index in [1.807, 2.05) is 0 Å². The van der Waals surface area contributed by atoms with Crippen LogP contribution in [0.15, 0.2) is 36.4 Å². The fourth-order valence-electron chi connectivity index (χ4n) is 3.26. The van der Waals surface area contributed by atoms with Crippen molar-refractivity contribution in [2.24, 2.45) is 11.8 Å². The molecule has 3 atom stereocenters. The third-order valence-corrected chi connectivity index (χ3v) is 5.46. The van der Waals surface area contributed by atoms with Crippen LogP contribution in [0.5, 0.6) is 0 Å². The van der Waals surface area contributed by atoms with Gasteiger partial charge in [0.25, 0.3) is 0 Å². The van der Waals surface area contributed by atoms with Gasteiger partial charge in [-0.1, -0.05) is 36.4 Å². The quantitative estimate of drug-likeness (QED) is 0.787. The molecular formula is C15H15NS. The SMILES string of the molecule is CS[C@]1(C#N)C[C@H]2C[C@@H]1C=C2c1ccccc1. The molecule has 0 radical (unpaired) electrons. The topological polar surface area (TPSA) is 23.8 Å². The highest BCUT2D eigenvalue weighted by molar-refractivity contribution is 8.00. The van der Waals surface area contributed by atoms with E-state index in [4.69, 9.17) is 0 Å². The summed E-state index contributed by atoms with van der Waals surface area (Å²) in [5, 5.41) is 9.40. The Morgan fingerprint density at radius 3 is 2.65 bits per heavy atom. The van der Waals surface area contributed by atoms with Gasteiger partial charge in [0.1, 0.15) is 4.75 Å². The Morgan fingerprint density at radius 2 is 2.12 bits per heavy atom. The lowest BCUT2D eigenvalue weighted by atomic mass is 9.86. The van der Waals surface area contributed by atoms with Crippen molar-refractivity contribution in [2.75, 3.05) is 6.26 Å². The molecule has 1 fully saturated rings. The van der Waals surface area contributed by atoms with Crippen molar-refractivity contribution in [1.29, 1.82) is 5.26 Å². The maximum absolute atomic E-state index is 9.40. The molecule has 3 rings (SSSR count). The minimum atomic E-state index is -0.150. The van der Waals surface area contributed by atoms with Crippen LogP contribution in [-0.4, -0.2) is 11.0 Å². The van der Waals surface area contributed by atoms with Crippen LogP contribution in [-0.2, 0) is 0 Å². The number of hydrogen-bond donors (Lipinski definition) is 0. The summed E-state index contributed by atoms with van der Waals surface area (Å²) < 4.78 is -0.150. The second kappa shape index (κ2) is 3.92. The molecule has 0 aromatic heterocycles. The Labute approximate surface area is 107 Å². The molecule has 1 aromatic carbocycles. The molecule has 2 bridgehead atoms. The van der Waals surface area contributed by atoms with Gasteiger partial charge in [-0.05, 0) is 36.2 Å². The normalized spacial score (nSPS) is 34.5. The van der Waals surface area contributed by atoms with E-state index in [1.54, 1.807) is 11.8 Å². The summed E-state index contributed by atoms with van der Waals surface area (Å²) in [4.78, 5) is 0. The first-order valence-electron chi connectivity index (χ1n) is 6.02. The molecule has 1 aromatic rings. The van der Waals surface area contributed by atoms with Crippen molar-refractivity contribution >= 4 is 17.3 Å². The Morgan fingerprint density at radius 1 is 1.35 bits per heavy atom. The van der Waals surface area contributed by atoms with Crippen LogP contribution in [0.1, 0.15) is 18.4 Å². The zero-order chi connectivity index (χ0) is 11.9. The van der Waals surface area contributed by atoms with Crippen LogP contribution in [0.3, 0.4) is 0 Å². The van der Waals surface area contributed by atoms with E-state index < -0.39 is 0 Å². The number of benzene rings is 1. The lowest BCUT2D eigenvalue weighted by Crippen LogP contribution is -2.27. The maximum atomic E-state index is 9.40. The van der Waals surface area contributed by atoms with Crippen LogP contribution in [0.2, 0.25) is 0 Å². The van der Waals surface area contributed by atoms with Crippen molar-refractivity contribution in [2.45, 2.75) is 17.6 Å². The molecule has 0 aliphatic heterocycles. The fraction of sp³-hybridized carbons (Fsp3) is 0.400. The number of fused-ring (bicyclic) bond motifs is 2. The summed E-state index contributed by atoms with van der Waals surface area (Å²) in [6, 6.07) is 13.1. The van der Waals surface area contributed by atoms with Gasteiger partial charge in [-0.25, -0.2) is 0 Å². The average molecular weight is 241 g/mol. The van der Waals surface area contributed by atoms with Gasteiger partial charge >= 0.3 is 0 Å². The van der Waals surface area contributed by atoms with E-state index in [-0.39, 0.29) is 4.75 Å². The highest BCUT2D eigenvalue weighted by atomic mass is 32.2. The molecule has 0 unspecified atom stereocenters. The number of rotatable bonds is 2. The van der Waals surface area contributed by atoms with Gasteiger partial charge < -0.3 is 0 Å². The molecule has 86 valence electrons. The van der Waals surface area contributed by atoms with Crippen LogP contribution < -0.4 is 0 Å². The summed E-state index contributed by atoms with van der Waals surface area (Å²) in [5.74, 6) is 1.04. The number of hydrogen-bond acceptors (Lipinski definition) is 2. The average Bonchev–Trinajstić information content (AvgIpc) is 2.97. The van der Waals surface area contributed by atoms with Crippen molar-refractivity contribution in [1.82, 2.24) is 0 Å². The van der Waals surface area contributed by atoms with Gasteiger partial charge in [0.15, 0.2) is 0 Å². The molecule has 0 heterocycles. The predicted octanol–water partition coefficient (Wildman–Crippen LogP) is 3.74. The van der Waals surface area contributed by atoms with Gasteiger partial charge in [-0.3, -0.25) is 0 Å². The first-order chi connectivity index (χ1) is 8.29. The fourth-order valence-corrected chi connectivity index (χ4v) is 4.19. The zero-order valence-electron chi connectivity index (χ0n) is 9.89. The second-order valence-electron chi connectivity index (χ2n) is 4.94. The van der Waals surface area contributed by atoms with Crippen molar-refractivity contribution < 1.29 is 0 Å². The van der Waals surface area contributed by atoms with E-state index >= 15 is 0 Å². The molecule has 1 saturated carbocycles. The molecule has 0 saturated heterocycles. The molecule has 2 aliphatic carbocycles. The lowest BCUT2D eigenvalue weighted by molar-refractivity contribution is 0.618. The van der Waals surface area contributed by atoms with E-state index in [9.17, 15) is 5.26 Å². The molecule has 2 aliphatic rings. The smallest absolute Gasteiger partial charge is 0.109 e. The zero-order valence-corrected chi connectivity index (χ0v) is 10.7. The van der Waals surface area contributed by atoms with Gasteiger partial charge in [0, 0.05) is 5.92 Å². The first-order valence-corrected chi connectivity index (χ1v) is 7.25. The standard InChI is InChI=1S/C15H15NS/c1-17-15(10-16)9-12-7-13(15)8-14(12)11-5-3-2-4-6-11/h2-6,8,12-13H,7,9H2,1H3/t12-,13-,15+/m1/s1. The minimum Gasteiger partial charge on any atom is -0.197 e. The Bertz CT molecular complexity index is 499. The lowest BCUT2D eigenvalue weighted by Gasteiger charge is -2.28. The number of nitrogens with zero attached hydrogens (tertiary/aromatic N) is 1. The Hall–Kier alpha value is -1.20. The van der Waals surface area contributed by atoms with Crippen molar-refractivity contribution in [3.05, 3.63) is 42.0 Å². The predicted molar refractivity (Wildman–Crippen MR) is 72.5 cm³/mol. The van der Waals surface area contributed by atoms with Crippen LogP contribution >= 0.6 is 11.8 Å². The van der Waals surface area contributed by atoms with Crippen molar-refractivity contribution in [3.63, 3.8) is 0 Å². The second-order valence-corrected chi connectivity index (χ2v) is 6.07. The summed E-state index contributed by atoms with van der Waals surface area (Å²) in [7, 11) is 0. The van der Waals surface area contributed by atoms with E-state index in [0.29, 0.717) is 11.8 Å². The third-order valence-electron chi connectivity index (χ3n) is 4.17. The van der Waals surface area contributed by atoms with Gasteiger partial charge in [-0.15, -0.1) is 11.8 Å². The van der Waals surface area contributed by atoms with Gasteiger partial charge in [-0.2, -0.15) is 5.26 Å². The van der Waals surface area contributed by atoms with E-state index in [0.717, 1.165) is 6.42 Å². The van der Waals surface area contributed by atoms with Gasteiger partial charge in [0.05, 0.1) is 6.07 Å². The third kappa shape index (κ3) is 1.53. The van der Waals surface area contributed by atoms with E-state index in [1.165, 1.54) is 17.6 Å². The maximum Gasteiger partial charge on any atom is 0.109 e. The van der Waals surface area contributed by atoms with Gasteiger partial charge in [0.2, 0.25) is 0 Å². The Balaban J connectivity index is 1.96. The molecular weight excluding hydrogens is 226 g/mol. The first kappa shape index (κ1) is 10.9. The summed E-state index contributed by atoms with van der Waals surface area (Å²) in [6.07, 6.45) is 6.61. The van der Waals surface area contributed by atoms with Crippen molar-refractivity contribution in [3.8, 4) is 6.07 Å². The molecule has 0 amide bonds. The molecule has 17 heavy (non-hydrogen) atoms. The van der Waals surface area contributed by atoms with Crippen LogP contribution in [0.25, 0.3) is 5.57 Å². The highest BCUT2D eigenvalue weighted by Gasteiger charge is 2.51. The number of allylic oxidation sites excluding steroid dienone is 2. The highest BCUT2D eigenvalue weighted by Crippen LogP contribution is 2.57. The molecule has 0 N–H and O–H groups in total. The monoisotopic (exact) mass is 241 g/mol. The number of thioether (sulfide) groups is 1. The summed E-state index contributed by atoms with van der Waals surface area (Å²) in [5.41, 5.74) is 2.81. The number of nitriles is 1. The molecule has 2 heteroatoms.